The molecule has 11 heteroatoms. The minimum atomic E-state index is -1.05. The van der Waals surface area contributed by atoms with Crippen molar-refractivity contribution in [3.8, 4) is 11.4 Å². The van der Waals surface area contributed by atoms with Crippen LogP contribution in [0.25, 0.3) is 11.4 Å². The van der Waals surface area contributed by atoms with Gasteiger partial charge in [-0.05, 0) is 43.5 Å². The van der Waals surface area contributed by atoms with Crippen molar-refractivity contribution < 1.29 is 29.0 Å². The number of carbonyl (C=O) groups excluding carboxylic acids is 3. The molecule has 218 valence electrons. The molecule has 1 atom stereocenters. The van der Waals surface area contributed by atoms with E-state index in [0.717, 1.165) is 24.1 Å². The first-order valence-electron chi connectivity index (χ1n) is 14.1. The molecule has 11 nitrogen and oxygen atoms in total. The van der Waals surface area contributed by atoms with Gasteiger partial charge in [0.1, 0.15) is 11.7 Å². The molecular formula is C31H33N5O6. The second kappa shape index (κ2) is 12.8. The largest absolute Gasteiger partial charge is 0.478 e. The van der Waals surface area contributed by atoms with Crippen LogP contribution >= 0.6 is 0 Å². The minimum Gasteiger partial charge on any atom is -0.478 e. The summed E-state index contributed by atoms with van der Waals surface area (Å²) in [7, 11) is 0. The highest BCUT2D eigenvalue weighted by Gasteiger charge is 2.32. The smallest absolute Gasteiger partial charge is 0.409 e. The maximum Gasteiger partial charge on any atom is 0.409 e. The van der Waals surface area contributed by atoms with Gasteiger partial charge < -0.3 is 25.0 Å². The molecule has 0 radical (unpaired) electrons. The molecule has 1 saturated carbocycles. The number of amides is 3. The average Bonchev–Trinajstić information content (AvgIpc) is 3.87. The highest BCUT2D eigenvalue weighted by Crippen LogP contribution is 2.39. The van der Waals surface area contributed by atoms with Gasteiger partial charge >= 0.3 is 12.1 Å². The van der Waals surface area contributed by atoms with E-state index in [1.54, 1.807) is 34.9 Å². The fourth-order valence-corrected chi connectivity index (χ4v) is 4.88. The van der Waals surface area contributed by atoms with Crippen LogP contribution in [0.1, 0.15) is 57.8 Å². The Balaban J connectivity index is 1.38. The third kappa shape index (κ3) is 6.91. The van der Waals surface area contributed by atoms with Crippen LogP contribution in [-0.4, -0.2) is 87.6 Å². The van der Waals surface area contributed by atoms with Crippen LogP contribution in [0.5, 0.6) is 0 Å². The summed E-state index contributed by atoms with van der Waals surface area (Å²) in [6, 6.07) is 16.4. The molecule has 3 amide bonds. The highest BCUT2D eigenvalue weighted by atomic mass is 16.6. The fraction of sp³-hybridized carbons (Fsp3) is 0.355. The molecule has 1 aliphatic carbocycles. The number of carbonyl (C=O) groups is 4. The molecule has 42 heavy (non-hydrogen) atoms. The Kier molecular flexibility index (Phi) is 8.75. The van der Waals surface area contributed by atoms with Crippen molar-refractivity contribution in [1.29, 1.82) is 0 Å². The van der Waals surface area contributed by atoms with E-state index in [4.69, 9.17) is 9.72 Å². The number of hydrogen-bond acceptors (Lipinski definition) is 7. The molecule has 3 aromatic rings. The number of carboxylic acids is 1. The van der Waals surface area contributed by atoms with E-state index in [-0.39, 0.29) is 36.1 Å². The summed E-state index contributed by atoms with van der Waals surface area (Å²) >= 11 is 0. The van der Waals surface area contributed by atoms with Crippen LogP contribution in [0.15, 0.2) is 60.7 Å². The van der Waals surface area contributed by atoms with Gasteiger partial charge in [0.2, 0.25) is 5.91 Å². The molecule has 2 N–H and O–H groups in total. The molecule has 1 aliphatic heterocycles. The van der Waals surface area contributed by atoms with Crippen LogP contribution < -0.4 is 5.32 Å². The van der Waals surface area contributed by atoms with Gasteiger partial charge in [-0.1, -0.05) is 42.5 Å². The normalized spacial score (nSPS) is 15.5. The van der Waals surface area contributed by atoms with Crippen molar-refractivity contribution in [3.05, 3.63) is 83.2 Å². The number of benzene rings is 2. The molecular weight excluding hydrogens is 538 g/mol. The lowest BCUT2D eigenvalue weighted by Crippen LogP contribution is -2.56. The summed E-state index contributed by atoms with van der Waals surface area (Å²) in [5.41, 5.74) is 2.59. The lowest BCUT2D eigenvalue weighted by Gasteiger charge is -2.36. The van der Waals surface area contributed by atoms with E-state index in [1.807, 2.05) is 30.3 Å². The van der Waals surface area contributed by atoms with Crippen LogP contribution in [0.4, 0.5) is 4.79 Å². The monoisotopic (exact) mass is 571 g/mol. The van der Waals surface area contributed by atoms with Crippen LogP contribution in [0, 0.1) is 0 Å². The molecule has 1 saturated heterocycles. The molecule has 1 aromatic heterocycles. The van der Waals surface area contributed by atoms with Crippen molar-refractivity contribution in [2.75, 3.05) is 32.8 Å². The van der Waals surface area contributed by atoms with Crippen molar-refractivity contribution in [2.45, 2.75) is 38.1 Å². The zero-order chi connectivity index (χ0) is 29.6. The van der Waals surface area contributed by atoms with Gasteiger partial charge in [0.25, 0.3) is 5.91 Å². The summed E-state index contributed by atoms with van der Waals surface area (Å²) < 4.78 is 5.08. The highest BCUT2D eigenvalue weighted by molar-refractivity contribution is 5.96. The number of ether oxygens (including phenoxy) is 1. The Morgan fingerprint density at radius 3 is 2.24 bits per heavy atom. The van der Waals surface area contributed by atoms with E-state index >= 15 is 0 Å². The summed E-state index contributed by atoms with van der Waals surface area (Å²) in [5.74, 6) is -1.11. The first-order valence-corrected chi connectivity index (χ1v) is 14.1. The standard InChI is InChI=1S/C31H33N5O6/c1-2-42-31(41)36-16-14-35(15-17-36)29(38)26(18-20-8-10-23(11-9-20)30(39)40)34-28(37)25-19-24(21-12-13-21)32-27(33-25)22-6-4-3-5-7-22/h3-11,19,21,26H,2,12-18H2,1H3,(H,34,37)(H,39,40). The van der Waals surface area contributed by atoms with Gasteiger partial charge in [-0.3, -0.25) is 9.59 Å². The van der Waals surface area contributed by atoms with Crippen molar-refractivity contribution >= 4 is 23.9 Å². The molecule has 0 spiro atoms. The number of rotatable bonds is 9. The van der Waals surface area contributed by atoms with Crippen LogP contribution in [0.3, 0.4) is 0 Å². The second-order valence-electron chi connectivity index (χ2n) is 10.4. The molecule has 1 unspecified atom stereocenters. The van der Waals surface area contributed by atoms with Gasteiger partial charge in [0.05, 0.1) is 12.2 Å². The lowest BCUT2D eigenvalue weighted by molar-refractivity contribution is -0.134. The molecule has 5 rings (SSSR count). The maximum absolute atomic E-state index is 13.8. The Morgan fingerprint density at radius 1 is 0.952 bits per heavy atom. The first-order chi connectivity index (χ1) is 20.3. The van der Waals surface area contributed by atoms with Crippen LogP contribution in [-0.2, 0) is 16.0 Å². The minimum absolute atomic E-state index is 0.128. The van der Waals surface area contributed by atoms with E-state index in [0.29, 0.717) is 37.6 Å². The number of nitrogens with one attached hydrogen (secondary N) is 1. The van der Waals surface area contributed by atoms with E-state index < -0.39 is 24.0 Å². The summed E-state index contributed by atoms with van der Waals surface area (Å²) in [5, 5.41) is 12.2. The second-order valence-corrected chi connectivity index (χ2v) is 10.4. The van der Waals surface area contributed by atoms with Gasteiger partial charge in [-0.15, -0.1) is 0 Å². The topological polar surface area (TPSA) is 142 Å². The molecule has 0 bridgehead atoms. The fourth-order valence-electron chi connectivity index (χ4n) is 4.88. The number of hydrogen-bond donors (Lipinski definition) is 2. The first kappa shape index (κ1) is 28.7. The average molecular weight is 572 g/mol. The third-order valence-corrected chi connectivity index (χ3v) is 7.37. The number of piperazine rings is 1. The number of aromatic carboxylic acids is 1. The maximum atomic E-state index is 13.8. The predicted molar refractivity (Wildman–Crippen MR) is 153 cm³/mol. The number of nitrogens with zero attached hydrogens (tertiary/aromatic N) is 4. The zero-order valence-electron chi connectivity index (χ0n) is 23.4. The Labute approximate surface area is 243 Å². The lowest BCUT2D eigenvalue weighted by atomic mass is 10.0. The summed E-state index contributed by atoms with van der Waals surface area (Å²) in [4.78, 5) is 63.3. The van der Waals surface area contributed by atoms with Crippen molar-refractivity contribution in [1.82, 2.24) is 25.1 Å². The van der Waals surface area contributed by atoms with E-state index in [2.05, 4.69) is 10.3 Å². The predicted octanol–water partition coefficient (Wildman–Crippen LogP) is 3.36. The van der Waals surface area contributed by atoms with E-state index in [1.165, 1.54) is 12.1 Å². The Hall–Kier alpha value is -4.80. The number of aromatic nitrogens is 2. The Bertz CT molecular complexity index is 1450. The van der Waals surface area contributed by atoms with Gasteiger partial charge in [-0.25, -0.2) is 19.6 Å². The molecule has 2 aromatic carbocycles. The number of carboxylic acid groups (broad SMARTS) is 1. The third-order valence-electron chi connectivity index (χ3n) is 7.37. The van der Waals surface area contributed by atoms with Crippen molar-refractivity contribution in [3.63, 3.8) is 0 Å². The molecule has 2 heterocycles. The van der Waals surface area contributed by atoms with Crippen LogP contribution in [0.2, 0.25) is 0 Å². The molecule has 2 aliphatic rings. The quantitative estimate of drug-likeness (QED) is 0.398. The SMILES string of the molecule is CCOC(=O)N1CCN(C(=O)C(Cc2ccc(C(=O)O)cc2)NC(=O)c2cc(C3CC3)nc(-c3ccccc3)n2)CC1. The Morgan fingerprint density at radius 2 is 1.62 bits per heavy atom. The van der Waals surface area contributed by atoms with Gasteiger partial charge in [-0.2, -0.15) is 0 Å². The summed E-state index contributed by atoms with van der Waals surface area (Å²) in [6.07, 6.45) is 1.72. The molecule has 2 fully saturated rings. The van der Waals surface area contributed by atoms with Gasteiger partial charge in [0, 0.05) is 49.8 Å². The van der Waals surface area contributed by atoms with Gasteiger partial charge in [0.15, 0.2) is 5.82 Å². The van der Waals surface area contributed by atoms with E-state index in [9.17, 15) is 24.3 Å². The zero-order valence-corrected chi connectivity index (χ0v) is 23.4. The van der Waals surface area contributed by atoms with Crippen molar-refractivity contribution in [2.24, 2.45) is 0 Å². The summed E-state index contributed by atoms with van der Waals surface area (Å²) in [6.45, 7) is 3.22.